The SMILES string of the molecule is CCCOc1ccc(/C(C)=N\NC(=O)c2ccccc2O)cc1. The molecule has 5 heteroatoms. The quantitative estimate of drug-likeness (QED) is 0.635. The van der Waals surface area contributed by atoms with Gasteiger partial charge in [0.1, 0.15) is 11.5 Å². The first-order valence-corrected chi connectivity index (χ1v) is 7.47. The first-order chi connectivity index (χ1) is 11.1. The van der Waals surface area contributed by atoms with E-state index in [2.05, 4.69) is 17.5 Å². The van der Waals surface area contributed by atoms with Crippen LogP contribution in [0.25, 0.3) is 0 Å². The number of para-hydroxylation sites is 1. The molecule has 0 radical (unpaired) electrons. The number of phenolic OH excluding ortho intramolecular Hbond substituents is 1. The number of nitrogens with zero attached hydrogens (tertiary/aromatic N) is 1. The molecular formula is C18H20N2O3. The maximum Gasteiger partial charge on any atom is 0.275 e. The molecule has 0 saturated carbocycles. The number of carbonyl (C=O) groups is 1. The molecule has 120 valence electrons. The average molecular weight is 312 g/mol. The van der Waals surface area contributed by atoms with Gasteiger partial charge in [-0.25, -0.2) is 5.43 Å². The van der Waals surface area contributed by atoms with Gasteiger partial charge in [-0.2, -0.15) is 5.10 Å². The van der Waals surface area contributed by atoms with Gasteiger partial charge in [0.05, 0.1) is 17.9 Å². The summed E-state index contributed by atoms with van der Waals surface area (Å²) in [7, 11) is 0. The Labute approximate surface area is 135 Å². The van der Waals surface area contributed by atoms with E-state index in [9.17, 15) is 9.90 Å². The van der Waals surface area contributed by atoms with E-state index in [-0.39, 0.29) is 11.3 Å². The molecule has 0 atom stereocenters. The van der Waals surface area contributed by atoms with Gasteiger partial charge >= 0.3 is 0 Å². The normalized spacial score (nSPS) is 11.1. The van der Waals surface area contributed by atoms with E-state index < -0.39 is 5.91 Å². The highest BCUT2D eigenvalue weighted by atomic mass is 16.5. The molecule has 23 heavy (non-hydrogen) atoms. The van der Waals surface area contributed by atoms with Crippen LogP contribution >= 0.6 is 0 Å². The maximum atomic E-state index is 12.0. The van der Waals surface area contributed by atoms with Crippen LogP contribution in [0, 0.1) is 0 Å². The number of hydrogen-bond acceptors (Lipinski definition) is 4. The van der Waals surface area contributed by atoms with Gasteiger partial charge in [-0.15, -0.1) is 0 Å². The van der Waals surface area contributed by atoms with Crippen molar-refractivity contribution in [1.82, 2.24) is 5.43 Å². The minimum absolute atomic E-state index is 0.0738. The number of rotatable bonds is 6. The van der Waals surface area contributed by atoms with Crippen molar-refractivity contribution in [2.45, 2.75) is 20.3 Å². The second kappa shape index (κ2) is 7.98. The Morgan fingerprint density at radius 1 is 1.17 bits per heavy atom. The molecule has 0 aliphatic rings. The number of hydrogen-bond donors (Lipinski definition) is 2. The van der Waals surface area contributed by atoms with Crippen LogP contribution in [-0.4, -0.2) is 23.3 Å². The smallest absolute Gasteiger partial charge is 0.275 e. The fourth-order valence-corrected chi connectivity index (χ4v) is 1.94. The number of hydrazone groups is 1. The van der Waals surface area contributed by atoms with Gasteiger partial charge in [-0.3, -0.25) is 4.79 Å². The van der Waals surface area contributed by atoms with Crippen molar-refractivity contribution in [2.75, 3.05) is 6.61 Å². The van der Waals surface area contributed by atoms with Gasteiger partial charge < -0.3 is 9.84 Å². The summed E-state index contributed by atoms with van der Waals surface area (Å²) in [6.45, 7) is 4.54. The fraction of sp³-hybridized carbons (Fsp3) is 0.222. The Bertz CT molecular complexity index is 694. The lowest BCUT2D eigenvalue weighted by atomic mass is 10.1. The molecule has 2 N–H and O–H groups in total. The molecule has 5 nitrogen and oxygen atoms in total. The minimum atomic E-state index is -0.453. The van der Waals surface area contributed by atoms with Crippen LogP contribution in [0.15, 0.2) is 53.6 Å². The van der Waals surface area contributed by atoms with Crippen LogP contribution in [0.3, 0.4) is 0 Å². The van der Waals surface area contributed by atoms with E-state index in [1.54, 1.807) is 19.1 Å². The Hall–Kier alpha value is -2.82. The van der Waals surface area contributed by atoms with Crippen molar-refractivity contribution >= 4 is 11.6 Å². The highest BCUT2D eigenvalue weighted by molar-refractivity contribution is 6.01. The predicted octanol–water partition coefficient (Wildman–Crippen LogP) is 3.34. The third-order valence-corrected chi connectivity index (χ3v) is 3.22. The summed E-state index contributed by atoms with van der Waals surface area (Å²) in [5, 5.41) is 13.7. The topological polar surface area (TPSA) is 70.9 Å². The summed E-state index contributed by atoms with van der Waals surface area (Å²) in [5.41, 5.74) is 4.18. The summed E-state index contributed by atoms with van der Waals surface area (Å²) >= 11 is 0. The molecule has 0 aliphatic carbocycles. The number of nitrogens with one attached hydrogen (secondary N) is 1. The van der Waals surface area contributed by atoms with E-state index in [4.69, 9.17) is 4.74 Å². The molecule has 2 aromatic rings. The van der Waals surface area contributed by atoms with Gasteiger partial charge in [0.25, 0.3) is 5.91 Å². The lowest BCUT2D eigenvalue weighted by molar-refractivity contribution is 0.0952. The Kier molecular flexibility index (Phi) is 5.74. The second-order valence-corrected chi connectivity index (χ2v) is 5.03. The molecule has 0 aromatic heterocycles. The fourth-order valence-electron chi connectivity index (χ4n) is 1.94. The van der Waals surface area contributed by atoms with Crippen LogP contribution in [0.5, 0.6) is 11.5 Å². The van der Waals surface area contributed by atoms with Crippen molar-refractivity contribution < 1.29 is 14.6 Å². The van der Waals surface area contributed by atoms with E-state index in [0.29, 0.717) is 12.3 Å². The molecule has 0 fully saturated rings. The summed E-state index contributed by atoms with van der Waals surface area (Å²) in [4.78, 5) is 12.0. The van der Waals surface area contributed by atoms with Crippen molar-refractivity contribution in [3.8, 4) is 11.5 Å². The summed E-state index contributed by atoms with van der Waals surface area (Å²) < 4.78 is 5.52. The summed E-state index contributed by atoms with van der Waals surface area (Å²) in [6, 6.07) is 13.8. The molecule has 0 bridgehead atoms. The van der Waals surface area contributed by atoms with Crippen LogP contribution in [-0.2, 0) is 0 Å². The van der Waals surface area contributed by atoms with Crippen LogP contribution in [0.2, 0.25) is 0 Å². The highest BCUT2D eigenvalue weighted by Gasteiger charge is 2.09. The van der Waals surface area contributed by atoms with E-state index in [1.165, 1.54) is 12.1 Å². The zero-order chi connectivity index (χ0) is 16.7. The largest absolute Gasteiger partial charge is 0.507 e. The van der Waals surface area contributed by atoms with Crippen molar-refractivity contribution in [1.29, 1.82) is 0 Å². The Balaban J connectivity index is 2.02. The van der Waals surface area contributed by atoms with Crippen molar-refractivity contribution in [3.63, 3.8) is 0 Å². The first kappa shape index (κ1) is 16.5. The average Bonchev–Trinajstić information content (AvgIpc) is 2.58. The monoisotopic (exact) mass is 312 g/mol. The molecule has 2 rings (SSSR count). The maximum absolute atomic E-state index is 12.0. The number of benzene rings is 2. The minimum Gasteiger partial charge on any atom is -0.507 e. The number of carbonyl (C=O) groups excluding carboxylic acids is 1. The Morgan fingerprint density at radius 3 is 2.52 bits per heavy atom. The number of phenols is 1. The molecule has 0 aliphatic heterocycles. The zero-order valence-electron chi connectivity index (χ0n) is 13.2. The molecule has 0 saturated heterocycles. The number of amides is 1. The lowest BCUT2D eigenvalue weighted by Crippen LogP contribution is -2.19. The third kappa shape index (κ3) is 4.57. The Morgan fingerprint density at radius 2 is 1.87 bits per heavy atom. The number of ether oxygens (including phenoxy) is 1. The summed E-state index contributed by atoms with van der Waals surface area (Å²) in [6.07, 6.45) is 0.959. The molecule has 1 amide bonds. The predicted molar refractivity (Wildman–Crippen MR) is 90.0 cm³/mol. The van der Waals surface area contributed by atoms with Crippen molar-refractivity contribution in [2.24, 2.45) is 5.10 Å². The highest BCUT2D eigenvalue weighted by Crippen LogP contribution is 2.15. The van der Waals surface area contributed by atoms with Crippen LogP contribution < -0.4 is 10.2 Å². The molecular weight excluding hydrogens is 292 g/mol. The van der Waals surface area contributed by atoms with Gasteiger partial charge in [0.15, 0.2) is 0 Å². The molecule has 0 heterocycles. The first-order valence-electron chi connectivity index (χ1n) is 7.47. The van der Waals surface area contributed by atoms with Gasteiger partial charge in [-0.1, -0.05) is 19.1 Å². The van der Waals surface area contributed by atoms with E-state index in [1.807, 2.05) is 24.3 Å². The van der Waals surface area contributed by atoms with Crippen LogP contribution in [0.1, 0.15) is 36.2 Å². The lowest BCUT2D eigenvalue weighted by Gasteiger charge is -2.07. The molecule has 0 spiro atoms. The van der Waals surface area contributed by atoms with E-state index >= 15 is 0 Å². The number of aromatic hydroxyl groups is 1. The zero-order valence-corrected chi connectivity index (χ0v) is 13.2. The van der Waals surface area contributed by atoms with Gasteiger partial charge in [0, 0.05) is 0 Å². The van der Waals surface area contributed by atoms with Crippen molar-refractivity contribution in [3.05, 3.63) is 59.7 Å². The van der Waals surface area contributed by atoms with Gasteiger partial charge in [0.2, 0.25) is 0 Å². The summed E-state index contributed by atoms with van der Waals surface area (Å²) in [5.74, 6) is 0.280. The van der Waals surface area contributed by atoms with Gasteiger partial charge in [-0.05, 0) is 55.3 Å². The van der Waals surface area contributed by atoms with E-state index in [0.717, 1.165) is 17.7 Å². The second-order valence-electron chi connectivity index (χ2n) is 5.03. The third-order valence-electron chi connectivity index (χ3n) is 3.22. The molecule has 0 unspecified atom stereocenters. The standard InChI is InChI=1S/C18H20N2O3/c1-3-12-23-15-10-8-14(9-11-15)13(2)19-20-18(22)16-6-4-5-7-17(16)21/h4-11,21H,3,12H2,1-2H3,(H,20,22)/b19-13-. The van der Waals surface area contributed by atoms with Crippen LogP contribution in [0.4, 0.5) is 0 Å². The molecule has 2 aromatic carbocycles.